The lowest BCUT2D eigenvalue weighted by atomic mass is 10.1. The molecule has 0 radical (unpaired) electrons. The normalized spacial score (nSPS) is 11.8. The van der Waals surface area contributed by atoms with E-state index in [-0.39, 0.29) is 15.0 Å². The molecule has 0 bridgehead atoms. The van der Waals surface area contributed by atoms with Gasteiger partial charge in [-0.2, -0.15) is 5.26 Å². The number of hydrogen-bond donors (Lipinski definition) is 1. The maximum Gasteiger partial charge on any atom is 0.268 e. The largest absolute Gasteiger partial charge is 0.296 e. The maximum absolute atomic E-state index is 12.0. The van der Waals surface area contributed by atoms with E-state index in [9.17, 15) is 13.2 Å². The molecular formula is C13H9ClN4O3S2. The van der Waals surface area contributed by atoms with Crippen LogP contribution in [-0.2, 0) is 14.6 Å². The fourth-order valence-corrected chi connectivity index (χ4v) is 3.08. The lowest BCUT2D eigenvalue weighted by Gasteiger charge is -1.99. The van der Waals surface area contributed by atoms with Gasteiger partial charge in [0.2, 0.25) is 19.3 Å². The van der Waals surface area contributed by atoms with Gasteiger partial charge in [0.05, 0.1) is 0 Å². The molecule has 0 atom stereocenters. The minimum Gasteiger partial charge on any atom is -0.296 e. The monoisotopic (exact) mass is 368 g/mol. The molecule has 1 N–H and O–H groups in total. The Morgan fingerprint density at radius 3 is 2.52 bits per heavy atom. The molecule has 7 nitrogen and oxygen atoms in total. The number of hydrogen-bond acceptors (Lipinski definition) is 7. The molecule has 23 heavy (non-hydrogen) atoms. The number of halogens is 1. The van der Waals surface area contributed by atoms with Crippen LogP contribution < -0.4 is 5.32 Å². The molecule has 0 fully saturated rings. The highest BCUT2D eigenvalue weighted by atomic mass is 35.5. The van der Waals surface area contributed by atoms with E-state index < -0.39 is 15.7 Å². The van der Waals surface area contributed by atoms with Gasteiger partial charge in [-0.05, 0) is 23.8 Å². The van der Waals surface area contributed by atoms with Gasteiger partial charge in [0.1, 0.15) is 11.6 Å². The molecule has 0 saturated carbocycles. The number of benzene rings is 1. The van der Waals surface area contributed by atoms with Gasteiger partial charge in [0.25, 0.3) is 5.91 Å². The van der Waals surface area contributed by atoms with Crippen molar-refractivity contribution in [1.29, 1.82) is 5.26 Å². The van der Waals surface area contributed by atoms with Crippen molar-refractivity contribution in [3.8, 4) is 6.07 Å². The predicted octanol–water partition coefficient (Wildman–Crippen LogP) is 2.14. The van der Waals surface area contributed by atoms with E-state index in [0.717, 1.165) is 6.26 Å². The van der Waals surface area contributed by atoms with Crippen LogP contribution in [0.15, 0.2) is 34.2 Å². The van der Waals surface area contributed by atoms with Crippen LogP contribution in [0, 0.1) is 11.3 Å². The van der Waals surface area contributed by atoms with E-state index in [2.05, 4.69) is 15.5 Å². The molecule has 0 aliphatic carbocycles. The third-order valence-corrected chi connectivity index (χ3v) is 5.25. The summed E-state index contributed by atoms with van der Waals surface area (Å²) in [4.78, 5) is 12.0. The molecule has 1 aromatic carbocycles. The Hall–Kier alpha value is -2.28. The van der Waals surface area contributed by atoms with E-state index in [1.807, 2.05) is 0 Å². The van der Waals surface area contributed by atoms with Crippen LogP contribution in [0.2, 0.25) is 5.02 Å². The Bertz CT molecular complexity index is 911. The number of aromatic nitrogens is 2. The van der Waals surface area contributed by atoms with Crippen LogP contribution >= 0.6 is 22.9 Å². The lowest BCUT2D eigenvalue weighted by Crippen LogP contribution is -2.13. The Kier molecular flexibility index (Phi) is 5.10. The molecule has 0 aliphatic rings. The van der Waals surface area contributed by atoms with Gasteiger partial charge in [0, 0.05) is 11.3 Å². The van der Waals surface area contributed by atoms with Crippen LogP contribution in [0.3, 0.4) is 0 Å². The topological polar surface area (TPSA) is 113 Å². The van der Waals surface area contributed by atoms with Crippen molar-refractivity contribution in [3.63, 3.8) is 0 Å². The summed E-state index contributed by atoms with van der Waals surface area (Å²) in [6.07, 6.45) is 2.37. The van der Waals surface area contributed by atoms with Crippen molar-refractivity contribution >= 4 is 49.9 Å². The Morgan fingerprint density at radius 2 is 2.00 bits per heavy atom. The van der Waals surface area contributed by atoms with Gasteiger partial charge in [-0.25, -0.2) is 8.42 Å². The molecule has 0 unspecified atom stereocenters. The Labute approximate surface area is 141 Å². The van der Waals surface area contributed by atoms with Crippen LogP contribution in [-0.4, -0.2) is 30.8 Å². The molecule has 0 spiro atoms. The summed E-state index contributed by atoms with van der Waals surface area (Å²) >= 11 is 6.47. The summed E-state index contributed by atoms with van der Waals surface area (Å²) in [5, 5.41) is 19.0. The zero-order chi connectivity index (χ0) is 17.0. The number of anilines is 1. The van der Waals surface area contributed by atoms with Gasteiger partial charge >= 0.3 is 0 Å². The van der Waals surface area contributed by atoms with Crippen LogP contribution in [0.5, 0.6) is 0 Å². The standard InChI is InChI=1S/C13H9ClN4O3S2/c1-23(20,21)13-18-17-12(22-13)16-11(19)9(7-15)6-8-2-4-10(14)5-3-8/h2-6H,1H3,(H,16,17,19)/b9-6-. The molecule has 10 heteroatoms. The molecule has 2 aromatic rings. The van der Waals surface area contributed by atoms with E-state index >= 15 is 0 Å². The number of carbonyl (C=O) groups excluding carboxylic acids is 1. The number of nitrogens with zero attached hydrogens (tertiary/aromatic N) is 3. The first-order valence-corrected chi connectivity index (χ1v) is 9.10. The molecule has 1 amide bonds. The Morgan fingerprint density at radius 1 is 1.35 bits per heavy atom. The molecule has 1 heterocycles. The average Bonchev–Trinajstić information content (AvgIpc) is 2.95. The molecule has 118 valence electrons. The van der Waals surface area contributed by atoms with Crippen molar-refractivity contribution in [2.24, 2.45) is 0 Å². The molecule has 0 aliphatic heterocycles. The van der Waals surface area contributed by atoms with Crippen molar-refractivity contribution in [1.82, 2.24) is 10.2 Å². The third-order valence-electron chi connectivity index (χ3n) is 2.49. The highest BCUT2D eigenvalue weighted by Crippen LogP contribution is 2.20. The van der Waals surface area contributed by atoms with Crippen LogP contribution in [0.25, 0.3) is 6.08 Å². The molecule has 2 rings (SSSR count). The second kappa shape index (κ2) is 6.87. The van der Waals surface area contributed by atoms with E-state index in [1.165, 1.54) is 6.08 Å². The van der Waals surface area contributed by atoms with E-state index in [1.54, 1.807) is 30.3 Å². The number of rotatable bonds is 4. The van der Waals surface area contributed by atoms with Crippen molar-refractivity contribution in [2.75, 3.05) is 11.6 Å². The summed E-state index contributed by atoms with van der Waals surface area (Å²) in [5.41, 5.74) is 0.457. The first kappa shape index (κ1) is 17.1. The van der Waals surface area contributed by atoms with Crippen molar-refractivity contribution in [3.05, 3.63) is 40.4 Å². The van der Waals surface area contributed by atoms with Gasteiger partial charge in [-0.3, -0.25) is 10.1 Å². The number of sulfone groups is 1. The summed E-state index contributed by atoms with van der Waals surface area (Å²) in [5.74, 6) is -0.710. The van der Waals surface area contributed by atoms with Gasteiger partial charge < -0.3 is 0 Å². The summed E-state index contributed by atoms with van der Waals surface area (Å²) in [6.45, 7) is 0. The van der Waals surface area contributed by atoms with Crippen LogP contribution in [0.4, 0.5) is 5.13 Å². The zero-order valence-electron chi connectivity index (χ0n) is 11.6. The second-order valence-electron chi connectivity index (χ2n) is 4.32. The lowest BCUT2D eigenvalue weighted by molar-refractivity contribution is -0.112. The number of amides is 1. The number of nitriles is 1. The molecule has 0 saturated heterocycles. The first-order valence-electron chi connectivity index (χ1n) is 6.02. The third kappa shape index (κ3) is 4.59. The fourth-order valence-electron chi connectivity index (χ4n) is 1.45. The van der Waals surface area contributed by atoms with Gasteiger partial charge in [-0.15, -0.1) is 10.2 Å². The van der Waals surface area contributed by atoms with Gasteiger partial charge in [0.15, 0.2) is 0 Å². The SMILES string of the molecule is CS(=O)(=O)c1nnc(NC(=O)/C(C#N)=C\c2ccc(Cl)cc2)s1. The minimum atomic E-state index is -3.49. The smallest absolute Gasteiger partial charge is 0.268 e. The highest BCUT2D eigenvalue weighted by Gasteiger charge is 2.17. The summed E-state index contributed by atoms with van der Waals surface area (Å²) in [6, 6.07) is 8.34. The molecular weight excluding hydrogens is 360 g/mol. The van der Waals surface area contributed by atoms with Crippen molar-refractivity contribution < 1.29 is 13.2 Å². The number of nitrogens with one attached hydrogen (secondary N) is 1. The summed E-state index contributed by atoms with van der Waals surface area (Å²) in [7, 11) is -3.49. The van der Waals surface area contributed by atoms with E-state index in [0.29, 0.717) is 21.9 Å². The zero-order valence-corrected chi connectivity index (χ0v) is 14.0. The highest BCUT2D eigenvalue weighted by molar-refractivity contribution is 7.92. The minimum absolute atomic E-state index is 0.00678. The predicted molar refractivity (Wildman–Crippen MR) is 86.7 cm³/mol. The first-order chi connectivity index (χ1) is 10.8. The fraction of sp³-hybridized carbons (Fsp3) is 0.0769. The average molecular weight is 369 g/mol. The van der Waals surface area contributed by atoms with Crippen molar-refractivity contribution in [2.45, 2.75) is 4.34 Å². The van der Waals surface area contributed by atoms with E-state index in [4.69, 9.17) is 16.9 Å². The summed E-state index contributed by atoms with van der Waals surface area (Å²) < 4.78 is 22.4. The maximum atomic E-state index is 12.0. The number of carbonyl (C=O) groups is 1. The van der Waals surface area contributed by atoms with Crippen LogP contribution in [0.1, 0.15) is 5.56 Å². The molecule has 1 aromatic heterocycles. The van der Waals surface area contributed by atoms with Gasteiger partial charge in [-0.1, -0.05) is 35.1 Å². The quantitative estimate of drug-likeness (QED) is 0.502. The Balaban J connectivity index is 2.19. The second-order valence-corrected chi connectivity index (χ2v) is 7.92.